The molecule has 0 amide bonds. The minimum atomic E-state index is -0.844. The average Bonchev–Trinajstić information content (AvgIpc) is 2.25. The highest BCUT2D eigenvalue weighted by Crippen LogP contribution is 2.28. The summed E-state index contributed by atoms with van der Waals surface area (Å²) in [5.74, 6) is 1.06. The van der Waals surface area contributed by atoms with E-state index in [0.29, 0.717) is 11.5 Å². The molecule has 0 spiro atoms. The number of hydrogen-bond donors (Lipinski definition) is 1. The highest BCUT2D eigenvalue weighted by atomic mass is 16.5. The number of ketones is 1. The van der Waals surface area contributed by atoms with E-state index in [-0.39, 0.29) is 5.78 Å². The molecule has 94 valence electrons. The van der Waals surface area contributed by atoms with Gasteiger partial charge in [0.2, 0.25) is 0 Å². The van der Waals surface area contributed by atoms with E-state index in [1.165, 1.54) is 0 Å². The predicted molar refractivity (Wildman–Crippen MR) is 69.7 cm³/mol. The summed E-state index contributed by atoms with van der Waals surface area (Å²) in [7, 11) is 1.63. The number of carbonyl (C=O) groups excluding carboxylic acids is 1. The fourth-order valence-corrected chi connectivity index (χ4v) is 1.70. The van der Waals surface area contributed by atoms with Crippen LogP contribution in [-0.2, 0) is 0 Å². The molecule has 1 aromatic carbocycles. The Hall–Kier alpha value is -1.35. The van der Waals surface area contributed by atoms with Crippen molar-refractivity contribution in [2.45, 2.75) is 39.2 Å². The summed E-state index contributed by atoms with van der Waals surface area (Å²) in [5.41, 5.74) is 6.65. The molecule has 1 rings (SSSR count). The standard InChI is InChI=1S/C14H21NO2/c1-9(2)11-8-10(6-7-12(11)17-5)13(16)14(3,4)15/h6-9H,15H2,1-5H3. The minimum Gasteiger partial charge on any atom is -0.496 e. The van der Waals surface area contributed by atoms with E-state index in [4.69, 9.17) is 10.5 Å². The smallest absolute Gasteiger partial charge is 0.182 e. The molecule has 0 fully saturated rings. The van der Waals surface area contributed by atoms with Crippen LogP contribution in [0, 0.1) is 0 Å². The van der Waals surface area contributed by atoms with Crippen LogP contribution in [0.5, 0.6) is 5.75 Å². The Kier molecular flexibility index (Phi) is 3.94. The fourth-order valence-electron chi connectivity index (χ4n) is 1.70. The lowest BCUT2D eigenvalue weighted by molar-refractivity contribution is 0.0913. The lowest BCUT2D eigenvalue weighted by Crippen LogP contribution is -2.41. The van der Waals surface area contributed by atoms with Crippen LogP contribution < -0.4 is 10.5 Å². The van der Waals surface area contributed by atoms with Crippen molar-refractivity contribution in [3.63, 3.8) is 0 Å². The molecule has 0 unspecified atom stereocenters. The number of benzene rings is 1. The number of rotatable bonds is 4. The van der Waals surface area contributed by atoms with Crippen LogP contribution >= 0.6 is 0 Å². The van der Waals surface area contributed by atoms with Gasteiger partial charge in [0.05, 0.1) is 12.6 Å². The average molecular weight is 235 g/mol. The van der Waals surface area contributed by atoms with Crippen LogP contribution in [0.15, 0.2) is 18.2 Å². The molecule has 0 aliphatic carbocycles. The third kappa shape index (κ3) is 3.07. The van der Waals surface area contributed by atoms with Crippen molar-refractivity contribution in [3.8, 4) is 5.75 Å². The van der Waals surface area contributed by atoms with E-state index in [1.54, 1.807) is 27.0 Å². The van der Waals surface area contributed by atoms with Crippen molar-refractivity contribution in [1.29, 1.82) is 0 Å². The third-order valence-corrected chi connectivity index (χ3v) is 2.70. The minimum absolute atomic E-state index is 0.0537. The van der Waals surface area contributed by atoms with Gasteiger partial charge in [-0.05, 0) is 43.5 Å². The van der Waals surface area contributed by atoms with Crippen LogP contribution in [-0.4, -0.2) is 18.4 Å². The Morgan fingerprint density at radius 1 is 1.35 bits per heavy atom. The van der Waals surface area contributed by atoms with Gasteiger partial charge in [-0.15, -0.1) is 0 Å². The molecule has 0 radical (unpaired) electrons. The second kappa shape index (κ2) is 4.88. The van der Waals surface area contributed by atoms with Crippen LogP contribution in [0.25, 0.3) is 0 Å². The molecule has 0 atom stereocenters. The molecule has 17 heavy (non-hydrogen) atoms. The quantitative estimate of drug-likeness (QED) is 0.816. The first-order valence-corrected chi connectivity index (χ1v) is 5.79. The summed E-state index contributed by atoms with van der Waals surface area (Å²) < 4.78 is 5.28. The van der Waals surface area contributed by atoms with Gasteiger partial charge in [0, 0.05) is 5.56 Å². The molecule has 0 aliphatic heterocycles. The second-order valence-corrected chi connectivity index (χ2v) is 5.16. The Labute approximate surface area is 103 Å². The molecule has 0 heterocycles. The molecule has 3 nitrogen and oxygen atoms in total. The summed E-state index contributed by atoms with van der Waals surface area (Å²) in [6.07, 6.45) is 0. The number of hydrogen-bond acceptors (Lipinski definition) is 3. The molecule has 0 saturated carbocycles. The van der Waals surface area contributed by atoms with E-state index >= 15 is 0 Å². The first-order valence-electron chi connectivity index (χ1n) is 5.79. The number of nitrogens with two attached hydrogens (primary N) is 1. The van der Waals surface area contributed by atoms with Crippen LogP contribution in [0.1, 0.15) is 49.5 Å². The molecule has 3 heteroatoms. The van der Waals surface area contributed by atoms with Gasteiger partial charge in [0.15, 0.2) is 5.78 Å². The molecule has 0 aromatic heterocycles. The monoisotopic (exact) mass is 235 g/mol. The molecule has 2 N–H and O–H groups in total. The Balaban J connectivity index is 3.22. The van der Waals surface area contributed by atoms with Crippen molar-refractivity contribution in [2.24, 2.45) is 5.73 Å². The van der Waals surface area contributed by atoms with Crippen molar-refractivity contribution in [2.75, 3.05) is 7.11 Å². The summed E-state index contributed by atoms with van der Waals surface area (Å²) >= 11 is 0. The Bertz CT molecular complexity index is 417. The molecular weight excluding hydrogens is 214 g/mol. The highest BCUT2D eigenvalue weighted by Gasteiger charge is 2.24. The largest absolute Gasteiger partial charge is 0.496 e. The summed E-state index contributed by atoms with van der Waals surface area (Å²) in [6.45, 7) is 7.57. The van der Waals surface area contributed by atoms with Crippen LogP contribution in [0.3, 0.4) is 0 Å². The highest BCUT2D eigenvalue weighted by molar-refractivity contribution is 6.02. The number of methoxy groups -OCH3 is 1. The van der Waals surface area contributed by atoms with Gasteiger partial charge in [0.25, 0.3) is 0 Å². The number of carbonyl (C=O) groups is 1. The summed E-state index contributed by atoms with van der Waals surface area (Å²) in [4.78, 5) is 12.1. The second-order valence-electron chi connectivity index (χ2n) is 5.16. The van der Waals surface area contributed by atoms with E-state index < -0.39 is 5.54 Å². The predicted octanol–water partition coefficient (Wildman–Crippen LogP) is 2.74. The zero-order valence-corrected chi connectivity index (χ0v) is 11.2. The van der Waals surface area contributed by atoms with Gasteiger partial charge in [0.1, 0.15) is 5.75 Å². The normalized spacial score (nSPS) is 11.7. The number of ether oxygens (including phenoxy) is 1. The van der Waals surface area contributed by atoms with E-state index in [2.05, 4.69) is 13.8 Å². The van der Waals surface area contributed by atoms with E-state index in [0.717, 1.165) is 11.3 Å². The maximum atomic E-state index is 12.1. The van der Waals surface area contributed by atoms with Gasteiger partial charge in [-0.25, -0.2) is 0 Å². The molecular formula is C14H21NO2. The third-order valence-electron chi connectivity index (χ3n) is 2.70. The van der Waals surface area contributed by atoms with Gasteiger partial charge >= 0.3 is 0 Å². The fraction of sp³-hybridized carbons (Fsp3) is 0.500. The van der Waals surface area contributed by atoms with Crippen molar-refractivity contribution in [1.82, 2.24) is 0 Å². The lowest BCUT2D eigenvalue weighted by atomic mass is 9.91. The summed E-state index contributed by atoms with van der Waals surface area (Å²) in [6, 6.07) is 5.47. The molecule has 0 aliphatic rings. The lowest BCUT2D eigenvalue weighted by Gasteiger charge is -2.19. The maximum Gasteiger partial charge on any atom is 0.182 e. The van der Waals surface area contributed by atoms with Crippen LogP contribution in [0.2, 0.25) is 0 Å². The van der Waals surface area contributed by atoms with Crippen molar-refractivity contribution in [3.05, 3.63) is 29.3 Å². The first kappa shape index (κ1) is 13.7. The van der Waals surface area contributed by atoms with E-state index in [9.17, 15) is 4.79 Å². The molecule has 1 aromatic rings. The van der Waals surface area contributed by atoms with Crippen molar-refractivity contribution < 1.29 is 9.53 Å². The Morgan fingerprint density at radius 3 is 2.35 bits per heavy atom. The Morgan fingerprint density at radius 2 is 1.94 bits per heavy atom. The van der Waals surface area contributed by atoms with Crippen LogP contribution in [0.4, 0.5) is 0 Å². The molecule has 0 bridgehead atoms. The zero-order chi connectivity index (χ0) is 13.2. The van der Waals surface area contributed by atoms with Gasteiger partial charge in [-0.2, -0.15) is 0 Å². The van der Waals surface area contributed by atoms with Crippen molar-refractivity contribution >= 4 is 5.78 Å². The van der Waals surface area contributed by atoms with Gasteiger partial charge in [-0.1, -0.05) is 13.8 Å². The maximum absolute atomic E-state index is 12.1. The SMILES string of the molecule is COc1ccc(C(=O)C(C)(C)N)cc1C(C)C. The molecule has 0 saturated heterocycles. The number of Topliss-reactive ketones (excluding diaryl/α,β-unsaturated/α-hetero) is 1. The van der Waals surface area contributed by atoms with Gasteiger partial charge < -0.3 is 10.5 Å². The van der Waals surface area contributed by atoms with Gasteiger partial charge in [-0.3, -0.25) is 4.79 Å². The topological polar surface area (TPSA) is 52.3 Å². The zero-order valence-electron chi connectivity index (χ0n) is 11.2. The van der Waals surface area contributed by atoms with E-state index in [1.807, 2.05) is 12.1 Å². The first-order chi connectivity index (χ1) is 7.77. The summed E-state index contributed by atoms with van der Waals surface area (Å²) in [5, 5.41) is 0.